The van der Waals surface area contributed by atoms with Crippen LogP contribution in [0.15, 0.2) is 29.1 Å². The van der Waals surface area contributed by atoms with Crippen molar-refractivity contribution in [3.8, 4) is 0 Å². The topological polar surface area (TPSA) is 72.0 Å². The Balaban J connectivity index is 2.58. The first kappa shape index (κ1) is 11.3. The van der Waals surface area contributed by atoms with Gasteiger partial charge < -0.3 is 9.72 Å². The maximum atomic E-state index is 13.5. The fraction of sp³-hybridized carbons (Fsp3) is 0.182. The average molecular weight is 236 g/mol. The van der Waals surface area contributed by atoms with E-state index in [0.29, 0.717) is 10.9 Å². The lowest BCUT2D eigenvalue weighted by molar-refractivity contribution is -0.147. The minimum Gasteiger partial charge on any atom is -0.467 e. The molecule has 0 aliphatic carbocycles. The first-order valence-electron chi connectivity index (χ1n) is 4.84. The Kier molecular flexibility index (Phi) is 2.86. The summed E-state index contributed by atoms with van der Waals surface area (Å²) in [4.78, 5) is 28.7. The third-order valence-corrected chi connectivity index (χ3v) is 2.28. The van der Waals surface area contributed by atoms with Crippen LogP contribution in [0.1, 0.15) is 12.0 Å². The molecule has 0 saturated heterocycles. The predicted molar refractivity (Wildman–Crippen MR) is 58.2 cm³/mol. The van der Waals surface area contributed by atoms with Gasteiger partial charge in [0.2, 0.25) is 0 Å². The van der Waals surface area contributed by atoms with Crippen LogP contribution in [0.5, 0.6) is 0 Å². The molecule has 1 atom stereocenters. The molecule has 0 aliphatic heterocycles. The number of aromatic nitrogens is 2. The van der Waals surface area contributed by atoms with Crippen LogP contribution < -0.4 is 5.56 Å². The van der Waals surface area contributed by atoms with Gasteiger partial charge in [-0.2, -0.15) is 0 Å². The van der Waals surface area contributed by atoms with Gasteiger partial charge in [0.05, 0.1) is 18.0 Å². The number of rotatable bonds is 2. The Morgan fingerprint density at radius 2 is 2.18 bits per heavy atom. The highest BCUT2D eigenvalue weighted by atomic mass is 19.1. The van der Waals surface area contributed by atoms with E-state index in [0.717, 1.165) is 7.11 Å². The number of esters is 1. The number of H-pyrrole nitrogens is 1. The highest BCUT2D eigenvalue weighted by molar-refractivity contribution is 5.79. The van der Waals surface area contributed by atoms with E-state index in [1.54, 1.807) is 24.3 Å². The van der Waals surface area contributed by atoms with Crippen LogP contribution in [-0.4, -0.2) is 23.0 Å². The number of ether oxygens (including phenoxy) is 1. The Hall–Kier alpha value is -2.24. The zero-order chi connectivity index (χ0) is 12.4. The van der Waals surface area contributed by atoms with Crippen molar-refractivity contribution in [1.82, 2.24) is 9.97 Å². The molecule has 6 heteroatoms. The lowest BCUT2D eigenvalue weighted by Crippen LogP contribution is -2.18. The van der Waals surface area contributed by atoms with E-state index >= 15 is 0 Å². The minimum atomic E-state index is -2.09. The molecule has 0 bridgehead atoms. The van der Waals surface area contributed by atoms with Crippen molar-refractivity contribution in [2.75, 3.05) is 7.11 Å². The number of aromatic amines is 1. The molecule has 1 aromatic carbocycles. The number of alkyl halides is 1. The Morgan fingerprint density at radius 3 is 2.88 bits per heavy atom. The van der Waals surface area contributed by atoms with E-state index in [1.807, 2.05) is 0 Å². The van der Waals surface area contributed by atoms with E-state index in [2.05, 4.69) is 14.7 Å². The summed E-state index contributed by atoms with van der Waals surface area (Å²) in [5.41, 5.74) is -0.157. The van der Waals surface area contributed by atoms with Crippen molar-refractivity contribution in [3.63, 3.8) is 0 Å². The monoisotopic (exact) mass is 236 g/mol. The summed E-state index contributed by atoms with van der Waals surface area (Å²) < 4.78 is 17.8. The molecule has 2 rings (SSSR count). The molecule has 1 heterocycles. The molecule has 0 amide bonds. The number of nitrogens with one attached hydrogen (secondary N) is 1. The number of methoxy groups -OCH3 is 1. The molecule has 1 N–H and O–H groups in total. The van der Waals surface area contributed by atoms with Gasteiger partial charge in [0.15, 0.2) is 5.82 Å². The zero-order valence-electron chi connectivity index (χ0n) is 8.94. The maximum absolute atomic E-state index is 13.5. The SMILES string of the molecule is COC(=O)[C@@H](F)c1nc2ccccc2c(=O)[nH]1. The quantitative estimate of drug-likeness (QED) is 0.793. The van der Waals surface area contributed by atoms with Crippen molar-refractivity contribution in [3.05, 3.63) is 40.4 Å². The summed E-state index contributed by atoms with van der Waals surface area (Å²) in [5, 5.41) is 0.341. The first-order chi connectivity index (χ1) is 8.13. The molecule has 0 saturated carbocycles. The van der Waals surface area contributed by atoms with E-state index in [1.165, 1.54) is 0 Å². The van der Waals surface area contributed by atoms with Crippen molar-refractivity contribution in [1.29, 1.82) is 0 Å². The number of carbonyl (C=O) groups is 1. The largest absolute Gasteiger partial charge is 0.467 e. The summed E-state index contributed by atoms with van der Waals surface area (Å²) in [5.74, 6) is -1.44. The summed E-state index contributed by atoms with van der Waals surface area (Å²) in [6, 6.07) is 6.48. The molecule has 88 valence electrons. The van der Waals surface area contributed by atoms with Crippen LogP contribution in [0.3, 0.4) is 0 Å². The molecule has 0 aliphatic rings. The van der Waals surface area contributed by atoms with Crippen LogP contribution in [0, 0.1) is 0 Å². The minimum absolute atomic E-state index is 0.331. The van der Waals surface area contributed by atoms with Crippen LogP contribution in [0.4, 0.5) is 4.39 Å². The highest BCUT2D eigenvalue weighted by Crippen LogP contribution is 2.15. The van der Waals surface area contributed by atoms with Crippen molar-refractivity contribution in [2.24, 2.45) is 0 Å². The van der Waals surface area contributed by atoms with Gasteiger partial charge in [-0.15, -0.1) is 0 Å². The molecule has 0 spiro atoms. The van der Waals surface area contributed by atoms with E-state index in [-0.39, 0.29) is 5.82 Å². The van der Waals surface area contributed by atoms with Crippen LogP contribution in [0.2, 0.25) is 0 Å². The summed E-state index contributed by atoms with van der Waals surface area (Å²) in [7, 11) is 1.06. The second-order valence-electron chi connectivity index (χ2n) is 3.35. The Bertz CT molecular complexity index is 623. The van der Waals surface area contributed by atoms with Gasteiger partial charge >= 0.3 is 5.97 Å². The molecule has 1 aromatic heterocycles. The number of hydrogen-bond donors (Lipinski definition) is 1. The summed E-state index contributed by atoms with van der Waals surface area (Å²) >= 11 is 0. The summed E-state index contributed by atoms with van der Waals surface area (Å²) in [6.07, 6.45) is -2.09. The van der Waals surface area contributed by atoms with Gasteiger partial charge in [-0.25, -0.2) is 14.2 Å². The van der Waals surface area contributed by atoms with Crippen molar-refractivity contribution in [2.45, 2.75) is 6.17 Å². The molecule has 5 nitrogen and oxygen atoms in total. The van der Waals surface area contributed by atoms with Crippen LogP contribution in [0.25, 0.3) is 10.9 Å². The number of nitrogens with zero attached hydrogens (tertiary/aromatic N) is 1. The molecule has 0 radical (unpaired) electrons. The number of benzene rings is 1. The van der Waals surface area contributed by atoms with E-state index < -0.39 is 17.7 Å². The molecular formula is C11H9FN2O3. The van der Waals surface area contributed by atoms with Gasteiger partial charge in [-0.05, 0) is 12.1 Å². The van der Waals surface area contributed by atoms with Crippen LogP contribution in [-0.2, 0) is 9.53 Å². The molecule has 0 fully saturated rings. The molecular weight excluding hydrogens is 227 g/mol. The summed E-state index contributed by atoms with van der Waals surface area (Å²) in [6.45, 7) is 0. The number of para-hydroxylation sites is 1. The van der Waals surface area contributed by atoms with Crippen molar-refractivity contribution >= 4 is 16.9 Å². The highest BCUT2D eigenvalue weighted by Gasteiger charge is 2.23. The maximum Gasteiger partial charge on any atom is 0.348 e. The normalized spacial score (nSPS) is 12.4. The molecule has 0 unspecified atom stereocenters. The number of carbonyl (C=O) groups excluding carboxylic acids is 1. The van der Waals surface area contributed by atoms with Gasteiger partial charge in [0.25, 0.3) is 11.7 Å². The average Bonchev–Trinajstić information content (AvgIpc) is 2.37. The Morgan fingerprint density at radius 1 is 1.47 bits per heavy atom. The third kappa shape index (κ3) is 2.01. The predicted octanol–water partition coefficient (Wildman–Crippen LogP) is 1.11. The number of halogens is 1. The number of fused-ring (bicyclic) bond motifs is 1. The van der Waals surface area contributed by atoms with Gasteiger partial charge in [-0.1, -0.05) is 12.1 Å². The first-order valence-corrected chi connectivity index (χ1v) is 4.84. The second-order valence-corrected chi connectivity index (χ2v) is 3.35. The van der Waals surface area contributed by atoms with Gasteiger partial charge in [-0.3, -0.25) is 4.79 Å². The lowest BCUT2D eigenvalue weighted by Gasteiger charge is -2.06. The lowest BCUT2D eigenvalue weighted by atomic mass is 10.2. The van der Waals surface area contributed by atoms with Crippen LogP contribution >= 0.6 is 0 Å². The second kappa shape index (κ2) is 4.32. The number of hydrogen-bond acceptors (Lipinski definition) is 4. The zero-order valence-corrected chi connectivity index (χ0v) is 8.94. The third-order valence-electron chi connectivity index (χ3n) is 2.28. The molecule has 17 heavy (non-hydrogen) atoms. The van der Waals surface area contributed by atoms with E-state index in [9.17, 15) is 14.0 Å². The van der Waals surface area contributed by atoms with Gasteiger partial charge in [0.1, 0.15) is 0 Å². The fourth-order valence-corrected chi connectivity index (χ4v) is 1.44. The Labute approximate surface area is 95.2 Å². The molecule has 2 aromatic rings. The van der Waals surface area contributed by atoms with Gasteiger partial charge in [0, 0.05) is 0 Å². The van der Waals surface area contributed by atoms with E-state index in [4.69, 9.17) is 0 Å². The smallest absolute Gasteiger partial charge is 0.348 e. The van der Waals surface area contributed by atoms with Crippen molar-refractivity contribution < 1.29 is 13.9 Å². The standard InChI is InChI=1S/C11H9FN2O3/c1-17-11(16)8(12)9-13-7-5-3-2-4-6(7)10(15)14-9/h2-5,8H,1H3,(H,13,14,15)/t8-/m0/s1. The fourth-order valence-electron chi connectivity index (χ4n) is 1.44.